The summed E-state index contributed by atoms with van der Waals surface area (Å²) in [5.41, 5.74) is 1.11. The van der Waals surface area contributed by atoms with Gasteiger partial charge >= 0.3 is 23.9 Å². The fourth-order valence-electron chi connectivity index (χ4n) is 16.1. The lowest BCUT2D eigenvalue weighted by molar-refractivity contribution is -0.162. The van der Waals surface area contributed by atoms with Crippen molar-refractivity contribution in [3.05, 3.63) is 157 Å². The predicted octanol–water partition coefficient (Wildman–Crippen LogP) is 27.9. The van der Waals surface area contributed by atoms with Gasteiger partial charge in [-0.25, -0.2) is 0 Å². The van der Waals surface area contributed by atoms with E-state index in [1.54, 1.807) is 60.7 Å². The summed E-state index contributed by atoms with van der Waals surface area (Å²) in [6.45, 7) is 54.3. The predicted molar refractivity (Wildman–Crippen MR) is 524 cm³/mol. The number of carbonyl (C=O) groups excluding carboxylic acids is 4. The van der Waals surface area contributed by atoms with Crippen LogP contribution in [-0.2, 0) is 47.6 Å². The Bertz CT molecular complexity index is 4200. The number of esters is 4. The molecule has 2 aliphatic heterocycles. The number of phenolic OH excluding ortho intramolecular Hbond substituents is 2. The van der Waals surface area contributed by atoms with E-state index < -0.39 is 21.7 Å². The van der Waals surface area contributed by atoms with Gasteiger partial charge in [-0.2, -0.15) is 0 Å². The number of ether oxygens (including phenoxy) is 14. The Morgan fingerprint density at radius 1 is 0.341 bits per heavy atom. The zero-order chi connectivity index (χ0) is 97.2. The van der Waals surface area contributed by atoms with E-state index >= 15 is 0 Å². The number of benzene rings is 6. The van der Waals surface area contributed by atoms with E-state index in [0.717, 1.165) is 132 Å². The molecule has 132 heavy (non-hydrogen) atoms. The van der Waals surface area contributed by atoms with Crippen molar-refractivity contribution in [1.82, 2.24) is 0 Å². The Kier molecular flexibility index (Phi) is 44.7. The van der Waals surface area contributed by atoms with Crippen LogP contribution in [0.2, 0.25) is 0 Å². The third-order valence-electron chi connectivity index (χ3n) is 26.9. The van der Waals surface area contributed by atoms with Crippen molar-refractivity contribution in [3.8, 4) is 57.5 Å². The molecule has 11 atom stereocenters. The van der Waals surface area contributed by atoms with Crippen LogP contribution in [0, 0.1) is 62.1 Å². The number of fused-ring (bicyclic) bond motifs is 5. The molecule has 20 heteroatoms. The Morgan fingerprint density at radius 3 is 0.992 bits per heavy atom. The van der Waals surface area contributed by atoms with Gasteiger partial charge in [0.2, 0.25) is 18.9 Å². The van der Waals surface area contributed by atoms with E-state index in [-0.39, 0.29) is 83.6 Å². The van der Waals surface area contributed by atoms with Crippen LogP contribution in [0.15, 0.2) is 146 Å². The molecule has 11 unspecified atom stereocenters. The van der Waals surface area contributed by atoms with Crippen molar-refractivity contribution in [1.29, 1.82) is 0 Å². The SMILES string of the molecule is CCC(C)(C)C(=O)Oc1ccc(O)cc1.CCC(C)(C)C(=O)Oc1ccc(O)cc1.CCC(C)(C)C(=O)Oc1ccc(OC(C)OC2CCOCC2)cc1.CCC(C)(C)C(=O)Oc1ccc(OC(CC(C)(C)C)OC2CCOCC2)cc1.CCC(C)c1ccc(OC(CC(C)(C)C)OC2CCCCC2)cc1.CCC(C)c1ccc(OC(OC2CC3CC2C2CCCC32)C(C)C)cc1. The van der Waals surface area contributed by atoms with Gasteiger partial charge in [0.15, 0.2) is 6.29 Å². The third kappa shape index (κ3) is 38.1. The van der Waals surface area contributed by atoms with Crippen LogP contribution in [0.5, 0.6) is 57.5 Å². The molecule has 0 radical (unpaired) electrons. The van der Waals surface area contributed by atoms with Gasteiger partial charge in [-0.15, -0.1) is 0 Å². The second kappa shape index (κ2) is 53.3. The highest BCUT2D eigenvalue weighted by molar-refractivity contribution is 5.80. The number of carbonyl (C=O) groups is 4. The standard InChI is InChI=1S/C24H36O2.C23H36O5.C22H36O2.C19H28O5.2C12H16O3/c1-5-16(4)17-9-11-19(12-10-17)25-24(15(2)3)26-23-14-18-13-22(23)21-8-6-7-20(18)21;1-7-23(5,6)21(24)28-18-10-8-17(9-11-18)26-20(16-22(2,3)4)27-19-12-14-25-15-13-19;1-6-17(2)18-12-14-20(15-13-18)24-21(16-22(3,4)5)23-19-10-8-7-9-11-19;1-5-19(3,4)18(20)24-16-8-6-15(7-9-16)22-14(2)23-17-10-12-21-13-11-17;2*1-4-12(2,3)11(14)15-10-7-5-9(13)6-8-10/h9-12,15-16,18,20-24H,5-8,13-14H2,1-4H3;8-11,19-20H,7,12-16H2,1-6H3;12-15,17,19,21H,6-11,16H2,1-5H3;6-9,14,17H,5,10-13H2,1-4H3;2*5-8,13H,4H2,1-3H3. The third-order valence-corrected chi connectivity index (χ3v) is 26.9. The molecule has 0 spiro atoms. The number of rotatable bonds is 35. The number of hydrogen-bond donors (Lipinski definition) is 2. The fraction of sp³-hybridized carbons (Fsp3) is 0.643. The van der Waals surface area contributed by atoms with E-state index in [0.29, 0.717) is 64.5 Å². The van der Waals surface area contributed by atoms with Crippen molar-refractivity contribution in [3.63, 3.8) is 0 Å². The lowest BCUT2D eigenvalue weighted by Gasteiger charge is -2.35. The molecule has 6 fully saturated rings. The molecule has 0 aromatic heterocycles. The first-order valence-corrected chi connectivity index (χ1v) is 49.7. The van der Waals surface area contributed by atoms with Gasteiger partial charge in [-0.05, 0) is 344 Å². The number of aromatic hydroxyl groups is 2. The molecule has 2 saturated heterocycles. The molecule has 0 amide bonds. The van der Waals surface area contributed by atoms with Crippen molar-refractivity contribution >= 4 is 23.9 Å². The maximum absolute atomic E-state index is 12.2. The Labute approximate surface area is 793 Å². The summed E-state index contributed by atoms with van der Waals surface area (Å²) >= 11 is 0. The average Bonchev–Trinajstić information content (AvgIpc) is 1.59. The van der Waals surface area contributed by atoms with Crippen LogP contribution in [0.25, 0.3) is 0 Å². The molecule has 4 saturated carbocycles. The van der Waals surface area contributed by atoms with Crippen LogP contribution in [0.1, 0.15) is 337 Å². The average molecular weight is 1830 g/mol. The van der Waals surface area contributed by atoms with E-state index in [2.05, 4.69) is 132 Å². The molecule has 12 rings (SSSR count). The van der Waals surface area contributed by atoms with E-state index in [9.17, 15) is 19.2 Å². The van der Waals surface area contributed by atoms with Gasteiger partial charge in [-0.3, -0.25) is 19.2 Å². The summed E-state index contributed by atoms with van der Waals surface area (Å²) in [5.74, 6) is 9.83. The van der Waals surface area contributed by atoms with Crippen molar-refractivity contribution in [2.75, 3.05) is 26.4 Å². The maximum Gasteiger partial charge on any atom is 0.316 e. The van der Waals surface area contributed by atoms with Gasteiger partial charge in [0.25, 0.3) is 0 Å². The van der Waals surface area contributed by atoms with E-state index in [1.165, 1.54) is 106 Å². The molecular formula is C112H168O20. The number of hydrogen-bond acceptors (Lipinski definition) is 20. The molecule has 2 heterocycles. The number of phenols is 2. The monoisotopic (exact) mass is 1830 g/mol. The topological polar surface area (TPSA) is 238 Å². The highest BCUT2D eigenvalue weighted by atomic mass is 16.7. The second-order valence-corrected chi connectivity index (χ2v) is 42.4. The second-order valence-electron chi connectivity index (χ2n) is 42.4. The molecule has 6 aromatic carbocycles. The summed E-state index contributed by atoms with van der Waals surface area (Å²) in [5, 5.41) is 18.1. The van der Waals surface area contributed by atoms with Crippen LogP contribution >= 0.6 is 0 Å². The summed E-state index contributed by atoms with van der Waals surface area (Å²) < 4.78 is 81.5. The van der Waals surface area contributed by atoms with Crippen LogP contribution < -0.4 is 37.9 Å². The lowest BCUT2D eigenvalue weighted by atomic mass is 9.80. The molecule has 6 aromatic rings. The molecule has 2 bridgehead atoms. The minimum Gasteiger partial charge on any atom is -0.508 e. The molecule has 2 N–H and O–H groups in total. The molecule has 736 valence electrons. The summed E-state index contributed by atoms with van der Waals surface area (Å²) in [4.78, 5) is 47.6. The van der Waals surface area contributed by atoms with Crippen LogP contribution in [-0.4, -0.2) is 110 Å². The van der Waals surface area contributed by atoms with Crippen LogP contribution in [0.4, 0.5) is 0 Å². The minimum atomic E-state index is -0.496. The van der Waals surface area contributed by atoms with Gasteiger partial charge in [0.1, 0.15) is 57.5 Å². The molecule has 20 nitrogen and oxygen atoms in total. The van der Waals surface area contributed by atoms with Gasteiger partial charge in [0, 0.05) is 45.2 Å². The highest BCUT2D eigenvalue weighted by Gasteiger charge is 2.55. The van der Waals surface area contributed by atoms with Gasteiger partial charge in [-0.1, -0.05) is 161 Å². The first-order chi connectivity index (χ1) is 62.3. The van der Waals surface area contributed by atoms with E-state index in [4.69, 9.17) is 76.5 Å². The molecule has 4 aliphatic carbocycles. The summed E-state index contributed by atoms with van der Waals surface area (Å²) in [6.07, 6.45) is 24.1. The van der Waals surface area contributed by atoms with Gasteiger partial charge < -0.3 is 76.5 Å². The smallest absolute Gasteiger partial charge is 0.316 e. The zero-order valence-corrected chi connectivity index (χ0v) is 85.1. The maximum atomic E-state index is 12.2. The summed E-state index contributed by atoms with van der Waals surface area (Å²) in [7, 11) is 0. The van der Waals surface area contributed by atoms with Crippen molar-refractivity contribution < 1.29 is 95.7 Å². The minimum absolute atomic E-state index is 0.0804. The Morgan fingerprint density at radius 2 is 0.652 bits per heavy atom. The Hall–Kier alpha value is -8.24. The zero-order valence-electron chi connectivity index (χ0n) is 85.1. The lowest BCUT2D eigenvalue weighted by Crippen LogP contribution is -2.37. The fourth-order valence-corrected chi connectivity index (χ4v) is 16.1. The normalized spacial score (nSPS) is 19.7. The first kappa shape index (κ1) is 111. The van der Waals surface area contributed by atoms with Gasteiger partial charge in [0.05, 0.1) is 46.1 Å². The summed E-state index contributed by atoms with van der Waals surface area (Å²) in [6, 6.07) is 43.7. The molecule has 6 aliphatic rings. The first-order valence-electron chi connectivity index (χ1n) is 49.7. The largest absolute Gasteiger partial charge is 0.508 e. The highest BCUT2D eigenvalue weighted by Crippen LogP contribution is 2.60. The van der Waals surface area contributed by atoms with E-state index in [1.807, 2.05) is 102 Å². The van der Waals surface area contributed by atoms with Crippen LogP contribution in [0.3, 0.4) is 0 Å². The van der Waals surface area contributed by atoms with Crippen molar-refractivity contribution in [2.24, 2.45) is 62.1 Å². The van der Waals surface area contributed by atoms with Crippen molar-refractivity contribution in [2.45, 2.75) is 376 Å². The molecular weight excluding hydrogens is 1670 g/mol. The Balaban J connectivity index is 0.000000219. The quantitative estimate of drug-likeness (QED) is 0.0214.